The first-order valence-electron chi connectivity index (χ1n) is 4.57. The highest BCUT2D eigenvalue weighted by Crippen LogP contribution is 2.23. The van der Waals surface area contributed by atoms with Crippen LogP contribution in [0.4, 0.5) is 8.78 Å². The molecule has 0 aromatic heterocycles. The Kier molecular flexibility index (Phi) is 5.44. The predicted octanol–water partition coefficient (Wildman–Crippen LogP) is 0.814. The molecule has 17 heavy (non-hydrogen) atoms. The highest BCUT2D eigenvalue weighted by Gasteiger charge is 2.27. The Labute approximate surface area is 98.5 Å². The molecule has 0 aliphatic carbocycles. The molecule has 0 atom stereocenters. The molecule has 104 valence electrons. The SMILES string of the molecule is CC(F)(F)CCC(CS(=O)(=O)O)CS(=O)(=O)O. The van der Waals surface area contributed by atoms with E-state index in [0.29, 0.717) is 6.92 Å². The Balaban J connectivity index is 4.64. The number of hydrogen-bond acceptors (Lipinski definition) is 4. The van der Waals surface area contributed by atoms with Crippen molar-refractivity contribution in [1.82, 2.24) is 0 Å². The smallest absolute Gasteiger partial charge is 0.265 e. The Bertz CT molecular complexity index is 401. The molecule has 0 amide bonds. The van der Waals surface area contributed by atoms with E-state index in [1.54, 1.807) is 0 Å². The van der Waals surface area contributed by atoms with Crippen molar-refractivity contribution < 1.29 is 34.7 Å². The second-order valence-corrected chi connectivity index (χ2v) is 6.97. The average Bonchev–Trinajstić information content (AvgIpc) is 1.92. The molecule has 0 aliphatic rings. The Hall–Kier alpha value is -0.320. The molecule has 10 heteroatoms. The van der Waals surface area contributed by atoms with E-state index in [9.17, 15) is 25.6 Å². The summed E-state index contributed by atoms with van der Waals surface area (Å²) in [6.07, 6.45) is -1.17. The monoisotopic (exact) mass is 296 g/mol. The van der Waals surface area contributed by atoms with Gasteiger partial charge < -0.3 is 0 Å². The van der Waals surface area contributed by atoms with E-state index in [1.165, 1.54) is 0 Å². The van der Waals surface area contributed by atoms with Gasteiger partial charge in [-0.15, -0.1) is 0 Å². The lowest BCUT2D eigenvalue weighted by Gasteiger charge is -2.16. The summed E-state index contributed by atoms with van der Waals surface area (Å²) in [5.41, 5.74) is 0. The molecule has 0 saturated heterocycles. The number of hydrogen-bond donors (Lipinski definition) is 2. The van der Waals surface area contributed by atoms with Crippen LogP contribution in [0.2, 0.25) is 0 Å². The standard InChI is InChI=1S/C7H14F2O6S2/c1-7(8,9)3-2-6(4-16(10,11)12)5-17(13,14)15/h6H,2-5H2,1H3,(H,10,11,12)(H,13,14,15). The van der Waals surface area contributed by atoms with Crippen LogP contribution in [0, 0.1) is 5.92 Å². The molecule has 0 aliphatic heterocycles. The first-order chi connectivity index (χ1) is 7.29. The first kappa shape index (κ1) is 16.7. The number of halogens is 2. The van der Waals surface area contributed by atoms with Crippen LogP contribution in [0.5, 0.6) is 0 Å². The van der Waals surface area contributed by atoms with E-state index in [2.05, 4.69) is 0 Å². The predicted molar refractivity (Wildman–Crippen MR) is 56.2 cm³/mol. The van der Waals surface area contributed by atoms with Crippen molar-refractivity contribution in [2.75, 3.05) is 11.5 Å². The van der Waals surface area contributed by atoms with E-state index in [0.717, 1.165) is 0 Å². The summed E-state index contributed by atoms with van der Waals surface area (Å²) in [4.78, 5) is 0. The van der Waals surface area contributed by atoms with E-state index < -0.39 is 56.4 Å². The minimum absolute atomic E-state index is 0.441. The lowest BCUT2D eigenvalue weighted by atomic mass is 10.1. The van der Waals surface area contributed by atoms with Gasteiger partial charge >= 0.3 is 0 Å². The Morgan fingerprint density at radius 2 is 1.41 bits per heavy atom. The molecular formula is C7H14F2O6S2. The van der Waals surface area contributed by atoms with Crippen molar-refractivity contribution in [3.05, 3.63) is 0 Å². The van der Waals surface area contributed by atoms with Gasteiger partial charge in [-0.25, -0.2) is 8.78 Å². The molecular weight excluding hydrogens is 282 g/mol. The molecule has 0 radical (unpaired) electrons. The molecule has 0 saturated carbocycles. The zero-order valence-corrected chi connectivity index (χ0v) is 10.6. The van der Waals surface area contributed by atoms with Crippen molar-refractivity contribution >= 4 is 20.2 Å². The summed E-state index contributed by atoms with van der Waals surface area (Å²) < 4.78 is 84.3. The minimum Gasteiger partial charge on any atom is -0.286 e. The van der Waals surface area contributed by atoms with Gasteiger partial charge in [0.2, 0.25) is 5.92 Å². The van der Waals surface area contributed by atoms with Crippen molar-refractivity contribution in [3.8, 4) is 0 Å². The topological polar surface area (TPSA) is 109 Å². The molecule has 0 unspecified atom stereocenters. The molecule has 0 rings (SSSR count). The van der Waals surface area contributed by atoms with Gasteiger partial charge in [0.25, 0.3) is 20.2 Å². The van der Waals surface area contributed by atoms with Crippen molar-refractivity contribution in [2.24, 2.45) is 5.92 Å². The van der Waals surface area contributed by atoms with Crippen LogP contribution in [0.25, 0.3) is 0 Å². The second kappa shape index (κ2) is 5.55. The third-order valence-corrected chi connectivity index (χ3v) is 3.67. The largest absolute Gasteiger partial charge is 0.286 e. The third-order valence-electron chi connectivity index (χ3n) is 1.88. The summed E-state index contributed by atoms with van der Waals surface area (Å²) in [6.45, 7) is 0.602. The van der Waals surface area contributed by atoms with Crippen LogP contribution < -0.4 is 0 Å². The average molecular weight is 296 g/mol. The highest BCUT2D eigenvalue weighted by atomic mass is 32.2. The third kappa shape index (κ3) is 11.9. The molecule has 0 spiro atoms. The van der Waals surface area contributed by atoms with Crippen molar-refractivity contribution in [1.29, 1.82) is 0 Å². The van der Waals surface area contributed by atoms with Gasteiger partial charge in [-0.2, -0.15) is 16.8 Å². The van der Waals surface area contributed by atoms with Gasteiger partial charge in [0, 0.05) is 6.42 Å². The van der Waals surface area contributed by atoms with Gasteiger partial charge in [0.15, 0.2) is 0 Å². The highest BCUT2D eigenvalue weighted by molar-refractivity contribution is 7.86. The summed E-state index contributed by atoms with van der Waals surface area (Å²) in [6, 6.07) is 0. The molecule has 0 aromatic rings. The molecule has 6 nitrogen and oxygen atoms in total. The molecule has 0 heterocycles. The maximum atomic E-state index is 12.5. The summed E-state index contributed by atoms with van der Waals surface area (Å²) in [5, 5.41) is 0. The van der Waals surface area contributed by atoms with Gasteiger partial charge in [0.05, 0.1) is 11.5 Å². The molecule has 0 fully saturated rings. The summed E-state index contributed by atoms with van der Waals surface area (Å²) in [5.74, 6) is -6.31. The first-order valence-corrected chi connectivity index (χ1v) is 7.78. The maximum absolute atomic E-state index is 12.5. The van der Waals surface area contributed by atoms with Crippen LogP contribution in [0.15, 0.2) is 0 Å². The van der Waals surface area contributed by atoms with Crippen LogP contribution in [0.3, 0.4) is 0 Å². The lowest BCUT2D eigenvalue weighted by Crippen LogP contribution is -2.25. The van der Waals surface area contributed by atoms with Gasteiger partial charge in [0.1, 0.15) is 0 Å². The molecule has 0 bridgehead atoms. The fraction of sp³-hybridized carbons (Fsp3) is 1.00. The van der Waals surface area contributed by atoms with Crippen molar-refractivity contribution in [3.63, 3.8) is 0 Å². The molecule has 2 N–H and O–H groups in total. The maximum Gasteiger partial charge on any atom is 0.265 e. The van der Waals surface area contributed by atoms with Crippen LogP contribution >= 0.6 is 0 Å². The quantitative estimate of drug-likeness (QED) is 0.673. The van der Waals surface area contributed by atoms with E-state index in [1.807, 2.05) is 0 Å². The summed E-state index contributed by atoms with van der Waals surface area (Å²) >= 11 is 0. The van der Waals surface area contributed by atoms with E-state index in [4.69, 9.17) is 9.11 Å². The Morgan fingerprint density at radius 3 is 1.65 bits per heavy atom. The zero-order chi connectivity index (χ0) is 13.9. The van der Waals surface area contributed by atoms with Crippen molar-refractivity contribution in [2.45, 2.75) is 25.7 Å². The fourth-order valence-electron chi connectivity index (χ4n) is 1.27. The zero-order valence-electron chi connectivity index (χ0n) is 9.01. The van der Waals surface area contributed by atoms with E-state index >= 15 is 0 Å². The van der Waals surface area contributed by atoms with Crippen LogP contribution in [-0.4, -0.2) is 43.4 Å². The lowest BCUT2D eigenvalue weighted by molar-refractivity contribution is 0.00789. The second-order valence-electron chi connectivity index (χ2n) is 3.97. The van der Waals surface area contributed by atoms with Crippen LogP contribution in [-0.2, 0) is 20.2 Å². The number of alkyl halides is 2. The Morgan fingerprint density at radius 1 is 1.06 bits per heavy atom. The summed E-state index contributed by atoms with van der Waals surface area (Å²) in [7, 11) is -8.97. The van der Waals surface area contributed by atoms with Gasteiger partial charge in [-0.1, -0.05) is 0 Å². The normalized spacial score (nSPS) is 14.2. The van der Waals surface area contributed by atoms with Gasteiger partial charge in [-0.05, 0) is 19.3 Å². The molecule has 0 aromatic carbocycles. The fourth-order valence-corrected chi connectivity index (χ4v) is 3.18. The van der Waals surface area contributed by atoms with Gasteiger partial charge in [-0.3, -0.25) is 9.11 Å². The van der Waals surface area contributed by atoms with Crippen LogP contribution in [0.1, 0.15) is 19.8 Å². The minimum atomic E-state index is -4.48. The number of rotatable bonds is 7. The van der Waals surface area contributed by atoms with E-state index in [-0.39, 0.29) is 0 Å².